The number of thiazole rings is 1. The zero-order valence-electron chi connectivity index (χ0n) is 20.5. The molecule has 2 aromatic carbocycles. The molecule has 0 unspecified atom stereocenters. The summed E-state index contributed by atoms with van der Waals surface area (Å²) in [7, 11) is 0. The summed E-state index contributed by atoms with van der Waals surface area (Å²) >= 11 is 0.807. The van der Waals surface area contributed by atoms with E-state index in [9.17, 15) is 28.0 Å². The predicted octanol–water partition coefficient (Wildman–Crippen LogP) is 2.18. The van der Waals surface area contributed by atoms with E-state index in [1.54, 1.807) is 31.2 Å². The van der Waals surface area contributed by atoms with Crippen molar-refractivity contribution in [3.8, 4) is 11.8 Å². The molecule has 1 saturated heterocycles. The third-order valence-electron chi connectivity index (χ3n) is 6.10. The molecule has 0 atom stereocenters. The number of ether oxygens (including phenoxy) is 1. The summed E-state index contributed by atoms with van der Waals surface area (Å²) in [4.78, 5) is 28.7. The maximum Gasteiger partial charge on any atom is 0.416 e. The van der Waals surface area contributed by atoms with E-state index in [0.29, 0.717) is 31.0 Å². The van der Waals surface area contributed by atoms with Crippen LogP contribution in [0.2, 0.25) is 0 Å². The van der Waals surface area contributed by atoms with Gasteiger partial charge in [0.25, 0.3) is 11.5 Å². The fourth-order valence-electron chi connectivity index (χ4n) is 4.14. The maximum absolute atomic E-state index is 13.6. The van der Waals surface area contributed by atoms with Crippen LogP contribution in [0.25, 0.3) is 17.3 Å². The molecule has 0 aliphatic carbocycles. The van der Waals surface area contributed by atoms with Crippen LogP contribution >= 0.6 is 11.3 Å². The van der Waals surface area contributed by atoms with Crippen LogP contribution in [0.15, 0.2) is 53.3 Å². The van der Waals surface area contributed by atoms with Gasteiger partial charge in [-0.25, -0.2) is 0 Å². The molecule has 1 amide bonds. The number of halogens is 3. The maximum atomic E-state index is 13.6. The smallest absolute Gasteiger partial charge is 0.379 e. The first-order valence-electron chi connectivity index (χ1n) is 11.9. The van der Waals surface area contributed by atoms with E-state index >= 15 is 0 Å². The fraction of sp³-hybridized carbons (Fsp3) is 0.296. The number of carbonyl (C=O) groups is 1. The first kappa shape index (κ1) is 27.3. The summed E-state index contributed by atoms with van der Waals surface area (Å²) in [5.41, 5.74) is -0.856. The average molecular weight is 543 g/mol. The minimum Gasteiger partial charge on any atom is -0.379 e. The zero-order valence-corrected chi connectivity index (χ0v) is 21.4. The Morgan fingerprint density at radius 1 is 1.16 bits per heavy atom. The van der Waals surface area contributed by atoms with Gasteiger partial charge >= 0.3 is 6.18 Å². The Bertz CT molecular complexity index is 1550. The highest BCUT2D eigenvalue weighted by molar-refractivity contribution is 7.07. The van der Waals surface area contributed by atoms with E-state index in [4.69, 9.17) is 4.74 Å². The quantitative estimate of drug-likeness (QED) is 0.516. The Balaban J connectivity index is 1.84. The first-order valence-corrected chi connectivity index (χ1v) is 12.7. The van der Waals surface area contributed by atoms with Gasteiger partial charge in [-0.3, -0.25) is 19.1 Å². The van der Waals surface area contributed by atoms with Gasteiger partial charge in [-0.2, -0.15) is 18.4 Å². The van der Waals surface area contributed by atoms with Crippen LogP contribution < -0.4 is 20.1 Å². The van der Waals surface area contributed by atoms with E-state index in [1.165, 1.54) is 22.8 Å². The van der Waals surface area contributed by atoms with Crippen molar-refractivity contribution in [2.75, 3.05) is 39.4 Å². The summed E-state index contributed by atoms with van der Waals surface area (Å²) in [6.45, 7) is 5.30. The van der Waals surface area contributed by atoms with E-state index in [-0.39, 0.29) is 26.9 Å². The highest BCUT2D eigenvalue weighted by Crippen LogP contribution is 2.32. The number of nitriles is 1. The van der Waals surface area contributed by atoms with Crippen molar-refractivity contribution in [2.24, 2.45) is 0 Å². The number of nitrogens with zero attached hydrogens (tertiary/aromatic N) is 3. The molecule has 0 spiro atoms. The molecule has 0 saturated carbocycles. The van der Waals surface area contributed by atoms with Crippen LogP contribution in [0.5, 0.6) is 0 Å². The fourth-order valence-corrected chi connectivity index (χ4v) is 5.23. The van der Waals surface area contributed by atoms with Gasteiger partial charge in [0.2, 0.25) is 0 Å². The van der Waals surface area contributed by atoms with Crippen molar-refractivity contribution < 1.29 is 22.7 Å². The van der Waals surface area contributed by atoms with Crippen molar-refractivity contribution in [2.45, 2.75) is 13.1 Å². The molecule has 0 bridgehead atoms. The average Bonchev–Trinajstić information content (AvgIpc) is 3.20. The van der Waals surface area contributed by atoms with Gasteiger partial charge in [-0.1, -0.05) is 36.4 Å². The number of alkyl halides is 3. The number of para-hydroxylation sites is 1. The molecule has 1 fully saturated rings. The number of hydrogen-bond donors (Lipinski definition) is 1. The Morgan fingerprint density at radius 2 is 1.84 bits per heavy atom. The largest absolute Gasteiger partial charge is 0.416 e. The lowest BCUT2D eigenvalue weighted by Gasteiger charge is -2.26. The molecule has 1 N–H and O–H groups in total. The molecule has 3 aromatic rings. The monoisotopic (exact) mass is 542 g/mol. The van der Waals surface area contributed by atoms with Gasteiger partial charge in [0.15, 0.2) is 5.57 Å². The topological polar surface area (TPSA) is 87.4 Å². The van der Waals surface area contributed by atoms with Crippen LogP contribution in [-0.2, 0) is 15.7 Å². The molecule has 38 heavy (non-hydrogen) atoms. The number of morpholine rings is 1. The Labute approximate surface area is 220 Å². The second-order valence-corrected chi connectivity index (χ2v) is 9.66. The summed E-state index contributed by atoms with van der Waals surface area (Å²) < 4.78 is 47.3. The normalized spacial score (nSPS) is 15.7. The van der Waals surface area contributed by atoms with Crippen LogP contribution in [0.4, 0.5) is 13.2 Å². The molecule has 11 heteroatoms. The van der Waals surface area contributed by atoms with E-state index in [0.717, 1.165) is 36.6 Å². The lowest BCUT2D eigenvalue weighted by atomic mass is 10.1. The van der Waals surface area contributed by atoms with Gasteiger partial charge in [-0.05, 0) is 36.3 Å². The molecule has 1 aliphatic heterocycles. The molecule has 4 rings (SSSR count). The molecule has 0 radical (unpaired) electrons. The first-order chi connectivity index (χ1) is 18.2. The Kier molecular flexibility index (Phi) is 8.46. The lowest BCUT2D eigenvalue weighted by Crippen LogP contribution is -2.42. The van der Waals surface area contributed by atoms with Crippen molar-refractivity contribution >= 4 is 28.9 Å². The number of aryl methyl sites for hydroxylation is 1. The van der Waals surface area contributed by atoms with Crippen LogP contribution in [0.1, 0.15) is 16.7 Å². The summed E-state index contributed by atoms with van der Waals surface area (Å²) in [5, 5.41) is 12.7. The molecule has 7 nitrogen and oxygen atoms in total. The van der Waals surface area contributed by atoms with Crippen LogP contribution in [0, 0.1) is 18.3 Å². The molecule has 1 aromatic heterocycles. The second kappa shape index (κ2) is 11.8. The van der Waals surface area contributed by atoms with Gasteiger partial charge in [0.05, 0.1) is 29.0 Å². The van der Waals surface area contributed by atoms with E-state index < -0.39 is 23.2 Å². The van der Waals surface area contributed by atoms with Crippen molar-refractivity contribution in [3.05, 3.63) is 84.8 Å². The minimum atomic E-state index is -4.62. The summed E-state index contributed by atoms with van der Waals surface area (Å²) in [6, 6.07) is 13.7. The van der Waals surface area contributed by atoms with Crippen molar-refractivity contribution in [1.82, 2.24) is 14.8 Å². The van der Waals surface area contributed by atoms with Gasteiger partial charge in [-0.15, -0.1) is 11.3 Å². The van der Waals surface area contributed by atoms with Crippen LogP contribution in [-0.4, -0.2) is 54.8 Å². The predicted molar refractivity (Wildman–Crippen MR) is 138 cm³/mol. The number of amides is 1. The van der Waals surface area contributed by atoms with Gasteiger partial charge in [0.1, 0.15) is 10.7 Å². The molecular weight excluding hydrogens is 517 g/mol. The number of carbonyl (C=O) groups excluding carboxylic acids is 1. The lowest BCUT2D eigenvalue weighted by molar-refractivity contribution is -0.137. The van der Waals surface area contributed by atoms with E-state index in [2.05, 4.69) is 10.2 Å². The Morgan fingerprint density at radius 3 is 2.53 bits per heavy atom. The Hall–Kier alpha value is -3.72. The number of hydrogen-bond acceptors (Lipinski definition) is 6. The summed E-state index contributed by atoms with van der Waals surface area (Å²) in [6.07, 6.45) is -3.47. The number of aromatic nitrogens is 1. The number of benzene rings is 2. The van der Waals surface area contributed by atoms with Crippen molar-refractivity contribution in [1.29, 1.82) is 5.26 Å². The third-order valence-corrected chi connectivity index (χ3v) is 7.20. The van der Waals surface area contributed by atoms with Gasteiger partial charge < -0.3 is 10.1 Å². The van der Waals surface area contributed by atoms with E-state index in [1.807, 2.05) is 6.07 Å². The molecular formula is C27H25F3N4O3S. The molecule has 2 heterocycles. The molecule has 1 aliphatic rings. The highest BCUT2D eigenvalue weighted by atomic mass is 32.1. The van der Waals surface area contributed by atoms with Gasteiger partial charge in [0, 0.05) is 26.2 Å². The number of rotatable bonds is 6. The third kappa shape index (κ3) is 6.05. The van der Waals surface area contributed by atoms with Crippen LogP contribution in [0.3, 0.4) is 0 Å². The summed E-state index contributed by atoms with van der Waals surface area (Å²) in [5.74, 6) is -0.661. The highest BCUT2D eigenvalue weighted by Gasteiger charge is 2.32. The molecule has 198 valence electrons. The minimum absolute atomic E-state index is 0.0335. The van der Waals surface area contributed by atoms with Crippen molar-refractivity contribution in [3.63, 3.8) is 0 Å². The zero-order chi connectivity index (χ0) is 27.3. The number of nitrogens with one attached hydrogen (secondary N) is 1. The SMILES string of the molecule is Cc1ccccc1-n1c(=C(C#N)C(=O)NCCN2CCOCC2)sc(=Cc2ccccc2C(F)(F)F)c1=O. The second-order valence-electron chi connectivity index (χ2n) is 8.62. The standard InChI is InChI=1S/C27H25F3N4O3S/c1-18-6-2-5-9-22(18)34-25(36)23(16-19-7-3-4-8-21(19)27(28,29)30)38-26(34)20(17-31)24(35)32-10-11-33-12-14-37-15-13-33/h2-9,16H,10-15H2,1H3,(H,32,35).